The molecule has 0 saturated heterocycles. The molecule has 2 N–H and O–H groups in total. The van der Waals surface area contributed by atoms with Crippen molar-refractivity contribution in [3.8, 4) is 0 Å². The van der Waals surface area contributed by atoms with Crippen LogP contribution in [0.15, 0.2) is 29.3 Å². The van der Waals surface area contributed by atoms with Crippen LogP contribution in [-0.4, -0.2) is 34.4 Å². The number of pyridine rings is 1. The van der Waals surface area contributed by atoms with E-state index >= 15 is 0 Å². The number of hydrogen-bond acceptors (Lipinski definition) is 4. The van der Waals surface area contributed by atoms with Gasteiger partial charge in [0.25, 0.3) is 11.5 Å². The Bertz CT molecular complexity index is 660. The van der Waals surface area contributed by atoms with E-state index < -0.39 is 0 Å². The third-order valence-electron chi connectivity index (χ3n) is 2.85. The summed E-state index contributed by atoms with van der Waals surface area (Å²) in [5.41, 5.74) is 1.57. The molecule has 106 valence electrons. The van der Waals surface area contributed by atoms with Crippen LogP contribution in [0.2, 0.25) is 0 Å². The van der Waals surface area contributed by atoms with Crippen LogP contribution in [0, 0.1) is 6.92 Å². The summed E-state index contributed by atoms with van der Waals surface area (Å²) in [7, 11) is 1.57. The quantitative estimate of drug-likeness (QED) is 0.844. The first-order chi connectivity index (χ1) is 9.61. The Balaban J connectivity index is 2.15. The second-order valence-electron chi connectivity index (χ2n) is 4.31. The highest BCUT2D eigenvalue weighted by Crippen LogP contribution is 2.09. The highest BCUT2D eigenvalue weighted by atomic mass is 16.5. The summed E-state index contributed by atoms with van der Waals surface area (Å²) in [5, 5.41) is 9.23. The number of ether oxygens (including phenoxy) is 1. The Kier molecular flexibility index (Phi) is 4.31. The second-order valence-corrected chi connectivity index (χ2v) is 4.31. The van der Waals surface area contributed by atoms with Gasteiger partial charge in [-0.1, -0.05) is 0 Å². The van der Waals surface area contributed by atoms with Crippen molar-refractivity contribution in [3.05, 3.63) is 46.1 Å². The summed E-state index contributed by atoms with van der Waals surface area (Å²) in [6.07, 6.45) is 3.06. The molecule has 2 aromatic rings. The van der Waals surface area contributed by atoms with Crippen LogP contribution in [0.4, 0.5) is 5.69 Å². The van der Waals surface area contributed by atoms with Crippen molar-refractivity contribution in [3.63, 3.8) is 0 Å². The highest BCUT2D eigenvalue weighted by Gasteiger charge is 2.11. The number of carbonyl (C=O) groups excluding carboxylic acids is 1. The number of rotatable bonds is 5. The first-order valence-electron chi connectivity index (χ1n) is 6.12. The maximum Gasteiger partial charge on any atom is 0.259 e. The molecule has 0 bridgehead atoms. The van der Waals surface area contributed by atoms with Gasteiger partial charge in [0.15, 0.2) is 0 Å². The molecule has 1 amide bonds. The number of hydrogen-bond donors (Lipinski definition) is 2. The molecule has 0 aliphatic rings. The first kappa shape index (κ1) is 14.0. The first-order valence-corrected chi connectivity index (χ1v) is 6.12. The van der Waals surface area contributed by atoms with Crippen molar-refractivity contribution >= 4 is 11.6 Å². The molecule has 0 fully saturated rings. The van der Waals surface area contributed by atoms with E-state index in [-0.39, 0.29) is 11.5 Å². The SMILES string of the molecule is COCCn1cc(NC(=O)c2cn[nH]c2C)ccc1=O. The molecule has 0 unspecified atom stereocenters. The molecule has 0 radical (unpaired) electrons. The van der Waals surface area contributed by atoms with Gasteiger partial charge in [0.2, 0.25) is 0 Å². The topological polar surface area (TPSA) is 89.0 Å². The molecule has 2 aromatic heterocycles. The van der Waals surface area contributed by atoms with E-state index in [1.165, 1.54) is 16.8 Å². The molecule has 0 aliphatic heterocycles. The summed E-state index contributed by atoms with van der Waals surface area (Å²) < 4.78 is 6.42. The Morgan fingerprint density at radius 2 is 2.30 bits per heavy atom. The van der Waals surface area contributed by atoms with Gasteiger partial charge in [-0.05, 0) is 13.0 Å². The molecule has 2 rings (SSSR count). The van der Waals surface area contributed by atoms with Gasteiger partial charge in [-0.15, -0.1) is 0 Å². The lowest BCUT2D eigenvalue weighted by Gasteiger charge is -2.08. The third-order valence-corrected chi connectivity index (χ3v) is 2.85. The molecule has 0 atom stereocenters. The van der Waals surface area contributed by atoms with E-state index in [9.17, 15) is 9.59 Å². The number of H-pyrrole nitrogens is 1. The van der Waals surface area contributed by atoms with Crippen molar-refractivity contribution < 1.29 is 9.53 Å². The second kappa shape index (κ2) is 6.16. The number of nitrogens with zero attached hydrogens (tertiary/aromatic N) is 2. The Labute approximate surface area is 115 Å². The fourth-order valence-electron chi connectivity index (χ4n) is 1.75. The van der Waals surface area contributed by atoms with Crippen molar-refractivity contribution in [1.82, 2.24) is 14.8 Å². The summed E-state index contributed by atoms with van der Waals surface area (Å²) in [6, 6.07) is 2.98. The average Bonchev–Trinajstić information content (AvgIpc) is 2.85. The fourth-order valence-corrected chi connectivity index (χ4v) is 1.75. The molecule has 0 saturated carbocycles. The fraction of sp³-hybridized carbons (Fsp3) is 0.308. The summed E-state index contributed by atoms with van der Waals surface area (Å²) in [6.45, 7) is 2.63. The zero-order valence-electron chi connectivity index (χ0n) is 11.3. The van der Waals surface area contributed by atoms with Gasteiger partial charge in [-0.2, -0.15) is 5.10 Å². The number of anilines is 1. The van der Waals surface area contributed by atoms with Gasteiger partial charge in [-0.3, -0.25) is 14.7 Å². The molecule has 0 spiro atoms. The van der Waals surface area contributed by atoms with Crippen LogP contribution in [0.1, 0.15) is 16.1 Å². The van der Waals surface area contributed by atoms with E-state index in [2.05, 4.69) is 15.5 Å². The van der Waals surface area contributed by atoms with Gasteiger partial charge < -0.3 is 14.6 Å². The molecule has 7 heteroatoms. The third kappa shape index (κ3) is 3.12. The normalized spacial score (nSPS) is 10.5. The van der Waals surface area contributed by atoms with Gasteiger partial charge in [0, 0.05) is 31.6 Å². The minimum atomic E-state index is -0.270. The van der Waals surface area contributed by atoms with Crippen LogP contribution in [0.5, 0.6) is 0 Å². The van der Waals surface area contributed by atoms with Gasteiger partial charge in [0.1, 0.15) is 0 Å². The van der Waals surface area contributed by atoms with E-state index in [0.29, 0.717) is 30.1 Å². The van der Waals surface area contributed by atoms with Crippen LogP contribution < -0.4 is 10.9 Å². The zero-order chi connectivity index (χ0) is 14.5. The number of aromatic nitrogens is 3. The standard InChI is InChI=1S/C13H16N4O3/c1-9-11(7-14-16-9)13(19)15-10-3-4-12(18)17(8-10)5-6-20-2/h3-4,7-8H,5-6H2,1-2H3,(H,14,16)(H,15,19). The van der Waals surface area contributed by atoms with Gasteiger partial charge >= 0.3 is 0 Å². The van der Waals surface area contributed by atoms with Crippen molar-refractivity contribution in [2.75, 3.05) is 19.0 Å². The Morgan fingerprint density at radius 1 is 1.50 bits per heavy atom. The average molecular weight is 276 g/mol. The maximum atomic E-state index is 12.0. The smallest absolute Gasteiger partial charge is 0.259 e. The van der Waals surface area contributed by atoms with Gasteiger partial charge in [-0.25, -0.2) is 0 Å². The Morgan fingerprint density at radius 3 is 2.95 bits per heavy atom. The molecule has 0 aliphatic carbocycles. The van der Waals surface area contributed by atoms with Crippen molar-refractivity contribution in [2.24, 2.45) is 0 Å². The van der Waals surface area contributed by atoms with Crippen LogP contribution >= 0.6 is 0 Å². The minimum Gasteiger partial charge on any atom is -0.383 e. The van der Waals surface area contributed by atoms with E-state index in [1.807, 2.05) is 0 Å². The van der Waals surface area contributed by atoms with Crippen LogP contribution in [0.25, 0.3) is 0 Å². The van der Waals surface area contributed by atoms with Crippen LogP contribution in [0.3, 0.4) is 0 Å². The van der Waals surface area contributed by atoms with E-state index in [1.54, 1.807) is 26.3 Å². The summed E-state index contributed by atoms with van der Waals surface area (Å²) in [4.78, 5) is 23.6. The van der Waals surface area contributed by atoms with Gasteiger partial charge in [0.05, 0.1) is 24.1 Å². The Hall–Kier alpha value is -2.41. The lowest BCUT2D eigenvalue weighted by molar-refractivity contribution is 0.102. The molecule has 7 nitrogen and oxygen atoms in total. The zero-order valence-corrected chi connectivity index (χ0v) is 11.3. The number of aromatic amines is 1. The van der Waals surface area contributed by atoms with E-state index in [4.69, 9.17) is 4.74 Å². The predicted octanol–water partition coefficient (Wildman–Crippen LogP) is 0.779. The molecule has 20 heavy (non-hydrogen) atoms. The number of methoxy groups -OCH3 is 1. The maximum absolute atomic E-state index is 12.0. The largest absolute Gasteiger partial charge is 0.383 e. The number of carbonyl (C=O) groups is 1. The summed E-state index contributed by atoms with van der Waals surface area (Å²) in [5.74, 6) is -0.270. The molecule has 0 aromatic carbocycles. The lowest BCUT2D eigenvalue weighted by Crippen LogP contribution is -2.22. The molecular weight excluding hydrogens is 260 g/mol. The number of aryl methyl sites for hydroxylation is 1. The summed E-state index contributed by atoms with van der Waals surface area (Å²) >= 11 is 0. The number of amides is 1. The molecular formula is C13H16N4O3. The van der Waals surface area contributed by atoms with Crippen molar-refractivity contribution in [1.29, 1.82) is 0 Å². The lowest BCUT2D eigenvalue weighted by atomic mass is 10.2. The predicted molar refractivity (Wildman–Crippen MR) is 73.9 cm³/mol. The van der Waals surface area contributed by atoms with E-state index in [0.717, 1.165) is 0 Å². The van der Waals surface area contributed by atoms with Crippen molar-refractivity contribution in [2.45, 2.75) is 13.5 Å². The van der Waals surface area contributed by atoms with Crippen LogP contribution in [-0.2, 0) is 11.3 Å². The monoisotopic (exact) mass is 276 g/mol. The molecule has 2 heterocycles. The number of nitrogens with one attached hydrogen (secondary N) is 2. The minimum absolute atomic E-state index is 0.139. The highest BCUT2D eigenvalue weighted by molar-refractivity contribution is 6.04.